The topological polar surface area (TPSA) is 45.7 Å². The second-order valence-electron chi connectivity index (χ2n) is 7.68. The van der Waals surface area contributed by atoms with Gasteiger partial charge < -0.3 is 14.5 Å². The molecule has 1 aromatic heterocycles. The molecule has 3 rings (SSSR count). The number of carbonyl (C=O) groups is 1. The molecule has 3 heterocycles. The van der Waals surface area contributed by atoms with Crippen LogP contribution >= 0.6 is 0 Å². The molecule has 5 heteroatoms. The van der Waals surface area contributed by atoms with Crippen molar-refractivity contribution >= 4 is 5.91 Å². The van der Waals surface area contributed by atoms with E-state index in [1.54, 1.807) is 0 Å². The Hall–Kier alpha value is -1.46. The highest BCUT2D eigenvalue weighted by Gasteiger charge is 2.29. The third kappa shape index (κ3) is 5.25. The average Bonchev–Trinajstić information content (AvgIpc) is 2.63. The number of aromatic nitrogens is 1. The normalized spacial score (nSPS) is 23.4. The van der Waals surface area contributed by atoms with E-state index in [1.807, 2.05) is 24.4 Å². The maximum Gasteiger partial charge on any atom is 0.222 e. The first-order valence-electron chi connectivity index (χ1n) is 9.65. The van der Waals surface area contributed by atoms with Crippen molar-refractivity contribution in [1.82, 2.24) is 14.8 Å². The van der Waals surface area contributed by atoms with E-state index in [-0.39, 0.29) is 0 Å². The molecule has 0 radical (unpaired) electrons. The second kappa shape index (κ2) is 8.77. The lowest BCUT2D eigenvalue weighted by Crippen LogP contribution is -2.48. The van der Waals surface area contributed by atoms with Crippen molar-refractivity contribution in [3.63, 3.8) is 0 Å². The van der Waals surface area contributed by atoms with Gasteiger partial charge in [0, 0.05) is 44.8 Å². The summed E-state index contributed by atoms with van der Waals surface area (Å²) in [6.07, 6.45) is 6.10. The summed E-state index contributed by atoms with van der Waals surface area (Å²) < 4.78 is 6.03. The van der Waals surface area contributed by atoms with Gasteiger partial charge in [0.05, 0.1) is 18.4 Å². The molecular weight excluding hydrogens is 314 g/mol. The van der Waals surface area contributed by atoms with Gasteiger partial charge in [0.15, 0.2) is 0 Å². The summed E-state index contributed by atoms with van der Waals surface area (Å²) in [6.45, 7) is 9.07. The first-order chi connectivity index (χ1) is 12.1. The van der Waals surface area contributed by atoms with E-state index in [9.17, 15) is 4.79 Å². The molecule has 138 valence electrons. The number of amides is 1. The van der Waals surface area contributed by atoms with Crippen molar-refractivity contribution in [2.24, 2.45) is 5.92 Å². The Morgan fingerprint density at radius 1 is 1.24 bits per heavy atom. The smallest absolute Gasteiger partial charge is 0.222 e. The highest BCUT2D eigenvalue weighted by atomic mass is 16.5. The standard InChI is InChI=1S/C20H31N3O2/c1-16(2)23-14-17(6-7-20(23)24)13-22-11-8-19(9-12-22)25-15-18-5-3-4-10-21-18/h3-5,10,16-17,19H,6-9,11-15H2,1-2H3. The van der Waals surface area contributed by atoms with Crippen molar-refractivity contribution in [3.8, 4) is 0 Å². The number of likely N-dealkylation sites (tertiary alicyclic amines) is 2. The summed E-state index contributed by atoms with van der Waals surface area (Å²) in [5.41, 5.74) is 1.01. The summed E-state index contributed by atoms with van der Waals surface area (Å²) in [7, 11) is 0. The predicted octanol–water partition coefficient (Wildman–Crippen LogP) is 2.71. The summed E-state index contributed by atoms with van der Waals surface area (Å²) in [6, 6.07) is 6.27. The fraction of sp³-hybridized carbons (Fsp3) is 0.700. The van der Waals surface area contributed by atoms with Crippen molar-refractivity contribution in [3.05, 3.63) is 30.1 Å². The molecule has 1 unspecified atom stereocenters. The fourth-order valence-electron chi connectivity index (χ4n) is 3.90. The molecule has 0 aromatic carbocycles. The molecule has 1 atom stereocenters. The highest BCUT2D eigenvalue weighted by Crippen LogP contribution is 2.23. The number of rotatable bonds is 6. The van der Waals surface area contributed by atoms with E-state index in [0.717, 1.165) is 51.1 Å². The first kappa shape index (κ1) is 18.3. The number of piperidine rings is 2. The first-order valence-corrected chi connectivity index (χ1v) is 9.65. The third-order valence-corrected chi connectivity index (χ3v) is 5.41. The van der Waals surface area contributed by atoms with Crippen LogP contribution in [0.3, 0.4) is 0 Å². The van der Waals surface area contributed by atoms with Gasteiger partial charge in [-0.3, -0.25) is 9.78 Å². The molecule has 25 heavy (non-hydrogen) atoms. The molecule has 2 aliphatic heterocycles. The summed E-state index contributed by atoms with van der Waals surface area (Å²) in [5.74, 6) is 0.943. The van der Waals surface area contributed by atoms with E-state index >= 15 is 0 Å². The highest BCUT2D eigenvalue weighted by molar-refractivity contribution is 5.77. The molecule has 0 spiro atoms. The molecule has 0 N–H and O–H groups in total. The van der Waals surface area contributed by atoms with Crippen LogP contribution in [-0.4, -0.2) is 59.0 Å². The fourth-order valence-corrected chi connectivity index (χ4v) is 3.90. The molecule has 1 aromatic rings. The molecule has 5 nitrogen and oxygen atoms in total. The van der Waals surface area contributed by atoms with Crippen molar-refractivity contribution in [2.75, 3.05) is 26.2 Å². The molecule has 2 saturated heterocycles. The SMILES string of the molecule is CC(C)N1CC(CN2CCC(OCc3ccccn3)CC2)CCC1=O. The van der Waals surface area contributed by atoms with Crippen LogP contribution < -0.4 is 0 Å². The van der Waals surface area contributed by atoms with Crippen LogP contribution in [-0.2, 0) is 16.1 Å². The lowest BCUT2D eigenvalue weighted by Gasteiger charge is -2.39. The van der Waals surface area contributed by atoms with Crippen molar-refractivity contribution < 1.29 is 9.53 Å². The number of hydrogen-bond donors (Lipinski definition) is 0. The Labute approximate surface area is 151 Å². The Morgan fingerprint density at radius 2 is 2.04 bits per heavy atom. The minimum Gasteiger partial charge on any atom is -0.372 e. The van der Waals surface area contributed by atoms with Crippen LogP contribution in [0.5, 0.6) is 0 Å². The van der Waals surface area contributed by atoms with E-state index in [4.69, 9.17) is 4.74 Å². The van der Waals surface area contributed by atoms with Gasteiger partial charge in [-0.2, -0.15) is 0 Å². The molecule has 0 saturated carbocycles. The van der Waals surface area contributed by atoms with Gasteiger partial charge >= 0.3 is 0 Å². The molecule has 1 amide bonds. The zero-order chi connectivity index (χ0) is 17.6. The van der Waals surface area contributed by atoms with Crippen LogP contribution in [0, 0.1) is 5.92 Å². The number of hydrogen-bond acceptors (Lipinski definition) is 4. The molecular formula is C20H31N3O2. The lowest BCUT2D eigenvalue weighted by atomic mass is 9.95. The van der Waals surface area contributed by atoms with Gasteiger partial charge in [-0.25, -0.2) is 0 Å². The lowest BCUT2D eigenvalue weighted by molar-refractivity contribution is -0.137. The van der Waals surface area contributed by atoms with Gasteiger partial charge in [0.2, 0.25) is 5.91 Å². The summed E-state index contributed by atoms with van der Waals surface area (Å²) >= 11 is 0. The van der Waals surface area contributed by atoms with Crippen LogP contribution in [0.25, 0.3) is 0 Å². The number of ether oxygens (including phenoxy) is 1. The van der Waals surface area contributed by atoms with Crippen LogP contribution in [0.2, 0.25) is 0 Å². The monoisotopic (exact) mass is 345 g/mol. The zero-order valence-electron chi connectivity index (χ0n) is 15.6. The van der Waals surface area contributed by atoms with Crippen LogP contribution in [0.15, 0.2) is 24.4 Å². The van der Waals surface area contributed by atoms with Crippen molar-refractivity contribution in [1.29, 1.82) is 0 Å². The average molecular weight is 345 g/mol. The van der Waals surface area contributed by atoms with Gasteiger partial charge in [0.1, 0.15) is 0 Å². The van der Waals surface area contributed by atoms with Gasteiger partial charge in [-0.1, -0.05) is 6.07 Å². The molecule has 2 aliphatic rings. The Morgan fingerprint density at radius 3 is 2.72 bits per heavy atom. The van der Waals surface area contributed by atoms with Crippen molar-refractivity contribution in [2.45, 2.75) is 58.3 Å². The maximum absolute atomic E-state index is 12.0. The second-order valence-corrected chi connectivity index (χ2v) is 7.68. The molecule has 0 aliphatic carbocycles. The Balaban J connectivity index is 1.38. The van der Waals surface area contributed by atoms with Gasteiger partial charge in [-0.05, 0) is 51.2 Å². The number of carbonyl (C=O) groups excluding carboxylic acids is 1. The quantitative estimate of drug-likeness (QED) is 0.795. The third-order valence-electron chi connectivity index (χ3n) is 5.41. The predicted molar refractivity (Wildman–Crippen MR) is 98.1 cm³/mol. The van der Waals surface area contributed by atoms with E-state index in [2.05, 4.69) is 28.6 Å². The van der Waals surface area contributed by atoms with Gasteiger partial charge in [-0.15, -0.1) is 0 Å². The molecule has 2 fully saturated rings. The molecule has 0 bridgehead atoms. The minimum absolute atomic E-state index is 0.320. The Kier molecular flexibility index (Phi) is 6.43. The Bertz CT molecular complexity index is 541. The number of pyridine rings is 1. The zero-order valence-corrected chi connectivity index (χ0v) is 15.6. The van der Waals surface area contributed by atoms with Gasteiger partial charge in [0.25, 0.3) is 0 Å². The summed E-state index contributed by atoms with van der Waals surface area (Å²) in [4.78, 5) is 20.9. The minimum atomic E-state index is 0.320. The maximum atomic E-state index is 12.0. The van der Waals surface area contributed by atoms with E-state index < -0.39 is 0 Å². The van der Waals surface area contributed by atoms with Crippen LogP contribution in [0.4, 0.5) is 0 Å². The van der Waals surface area contributed by atoms with Crippen LogP contribution in [0.1, 0.15) is 45.2 Å². The number of nitrogens with zero attached hydrogens (tertiary/aromatic N) is 3. The van der Waals surface area contributed by atoms with E-state index in [1.165, 1.54) is 0 Å². The summed E-state index contributed by atoms with van der Waals surface area (Å²) in [5, 5.41) is 0. The largest absolute Gasteiger partial charge is 0.372 e. The van der Waals surface area contributed by atoms with E-state index in [0.29, 0.717) is 37.0 Å².